The minimum absolute atomic E-state index is 0.125. The van der Waals surface area contributed by atoms with Gasteiger partial charge in [0, 0.05) is 10.8 Å². The molecule has 0 amide bonds. The van der Waals surface area contributed by atoms with Crippen LogP contribution in [0.1, 0.15) is 5.56 Å². The zero-order valence-corrected chi connectivity index (χ0v) is 13.4. The standard InChI is InChI=1S/C18H16O6/c1-9-5-4-6-10-11-7-13(22-2)14(23-3)8-12(11)17(24-18(20)21)16(19)15(9)10/h4-8,19H,1-3H3,(H,20,21). The quantitative estimate of drug-likeness (QED) is 0.428. The van der Waals surface area contributed by atoms with Crippen molar-refractivity contribution in [1.29, 1.82) is 0 Å². The van der Waals surface area contributed by atoms with Gasteiger partial charge in [0.2, 0.25) is 0 Å². The van der Waals surface area contributed by atoms with Crippen molar-refractivity contribution >= 4 is 27.7 Å². The minimum Gasteiger partial charge on any atom is -0.504 e. The molecule has 0 radical (unpaired) electrons. The predicted molar refractivity (Wildman–Crippen MR) is 89.6 cm³/mol. The molecule has 0 heterocycles. The molecule has 0 fully saturated rings. The van der Waals surface area contributed by atoms with Gasteiger partial charge in [0.25, 0.3) is 0 Å². The summed E-state index contributed by atoms with van der Waals surface area (Å²) in [5, 5.41) is 22.1. The summed E-state index contributed by atoms with van der Waals surface area (Å²) in [6.45, 7) is 1.83. The van der Waals surface area contributed by atoms with E-state index in [1.54, 1.807) is 12.1 Å². The molecular formula is C18H16O6. The van der Waals surface area contributed by atoms with Crippen molar-refractivity contribution in [2.75, 3.05) is 14.2 Å². The van der Waals surface area contributed by atoms with Gasteiger partial charge in [-0.2, -0.15) is 0 Å². The number of methoxy groups -OCH3 is 2. The molecule has 0 bridgehead atoms. The Bertz CT molecular complexity index is 961. The first kappa shape index (κ1) is 15.7. The Morgan fingerprint density at radius 3 is 2.21 bits per heavy atom. The van der Waals surface area contributed by atoms with Crippen LogP contribution in [-0.2, 0) is 0 Å². The Morgan fingerprint density at radius 1 is 1.00 bits per heavy atom. The SMILES string of the molecule is COc1cc2c(OC(=O)O)c(O)c3c(C)cccc3c2cc1OC. The van der Waals surface area contributed by atoms with Crippen molar-refractivity contribution in [2.45, 2.75) is 6.92 Å². The number of fused-ring (bicyclic) bond motifs is 3. The average molecular weight is 328 g/mol. The van der Waals surface area contributed by atoms with Crippen molar-refractivity contribution < 1.29 is 29.2 Å². The lowest BCUT2D eigenvalue weighted by atomic mass is 9.96. The van der Waals surface area contributed by atoms with Gasteiger partial charge in [0.1, 0.15) is 0 Å². The van der Waals surface area contributed by atoms with E-state index in [9.17, 15) is 9.90 Å². The van der Waals surface area contributed by atoms with Crippen LogP contribution in [0.4, 0.5) is 4.79 Å². The minimum atomic E-state index is -1.51. The van der Waals surface area contributed by atoms with Crippen LogP contribution in [0.15, 0.2) is 30.3 Å². The van der Waals surface area contributed by atoms with E-state index in [-0.39, 0.29) is 11.5 Å². The number of benzene rings is 3. The summed E-state index contributed by atoms with van der Waals surface area (Å²) in [5.74, 6) is 0.567. The second-order valence-electron chi connectivity index (χ2n) is 5.30. The maximum Gasteiger partial charge on any atom is 0.511 e. The monoisotopic (exact) mass is 328 g/mol. The van der Waals surface area contributed by atoms with Crippen LogP contribution in [0.5, 0.6) is 23.0 Å². The summed E-state index contributed by atoms with van der Waals surface area (Å²) in [7, 11) is 3.00. The fraction of sp³-hybridized carbons (Fsp3) is 0.167. The molecule has 24 heavy (non-hydrogen) atoms. The number of hydrogen-bond donors (Lipinski definition) is 2. The third-order valence-corrected chi connectivity index (χ3v) is 3.97. The topological polar surface area (TPSA) is 85.2 Å². The highest BCUT2D eigenvalue weighted by molar-refractivity contribution is 6.15. The third-order valence-electron chi connectivity index (χ3n) is 3.97. The zero-order chi connectivity index (χ0) is 17.4. The highest BCUT2D eigenvalue weighted by atomic mass is 16.7. The molecule has 0 spiro atoms. The van der Waals surface area contributed by atoms with E-state index in [1.807, 2.05) is 25.1 Å². The summed E-state index contributed by atoms with van der Waals surface area (Å²) in [6.07, 6.45) is -1.51. The molecule has 3 aromatic rings. The van der Waals surface area contributed by atoms with Crippen LogP contribution in [-0.4, -0.2) is 30.6 Å². The molecule has 0 unspecified atom stereocenters. The number of phenols is 1. The van der Waals surface area contributed by atoms with E-state index in [0.29, 0.717) is 27.7 Å². The lowest BCUT2D eigenvalue weighted by Crippen LogP contribution is -2.04. The summed E-state index contributed by atoms with van der Waals surface area (Å²) in [5.41, 5.74) is 0.803. The van der Waals surface area contributed by atoms with Gasteiger partial charge in [-0.1, -0.05) is 18.2 Å². The Labute approximate surface area is 137 Å². The van der Waals surface area contributed by atoms with Gasteiger partial charge in [0.15, 0.2) is 23.0 Å². The van der Waals surface area contributed by atoms with Crippen molar-refractivity contribution in [3.05, 3.63) is 35.9 Å². The second-order valence-corrected chi connectivity index (χ2v) is 5.30. The van der Waals surface area contributed by atoms with Gasteiger partial charge in [-0.3, -0.25) is 0 Å². The molecule has 6 heteroatoms. The van der Waals surface area contributed by atoms with Crippen molar-refractivity contribution in [2.24, 2.45) is 0 Å². The molecule has 3 aromatic carbocycles. The number of aryl methyl sites for hydroxylation is 1. The van der Waals surface area contributed by atoms with Gasteiger partial charge in [-0.15, -0.1) is 0 Å². The first-order chi connectivity index (χ1) is 11.5. The highest BCUT2D eigenvalue weighted by Gasteiger charge is 2.21. The number of carbonyl (C=O) groups is 1. The van der Waals surface area contributed by atoms with Crippen LogP contribution in [0.2, 0.25) is 0 Å². The molecule has 0 saturated heterocycles. The summed E-state index contributed by atoms with van der Waals surface area (Å²) >= 11 is 0. The van der Waals surface area contributed by atoms with Crippen molar-refractivity contribution in [3.8, 4) is 23.0 Å². The molecule has 0 aliphatic rings. The molecule has 0 atom stereocenters. The van der Waals surface area contributed by atoms with E-state index < -0.39 is 6.16 Å². The normalized spacial score (nSPS) is 10.8. The van der Waals surface area contributed by atoms with E-state index in [4.69, 9.17) is 19.3 Å². The summed E-state index contributed by atoms with van der Waals surface area (Å²) in [4.78, 5) is 11.1. The van der Waals surface area contributed by atoms with E-state index in [1.165, 1.54) is 14.2 Å². The number of rotatable bonds is 3. The average Bonchev–Trinajstić information content (AvgIpc) is 2.56. The number of carboxylic acid groups (broad SMARTS) is 1. The Balaban J connectivity index is 2.55. The highest BCUT2D eigenvalue weighted by Crippen LogP contribution is 2.47. The molecule has 3 rings (SSSR count). The van der Waals surface area contributed by atoms with Gasteiger partial charge in [0.05, 0.1) is 14.2 Å². The van der Waals surface area contributed by atoms with Crippen LogP contribution < -0.4 is 14.2 Å². The van der Waals surface area contributed by atoms with Crippen LogP contribution in [0.25, 0.3) is 21.5 Å². The molecule has 0 aliphatic heterocycles. The van der Waals surface area contributed by atoms with E-state index in [0.717, 1.165) is 10.9 Å². The van der Waals surface area contributed by atoms with Gasteiger partial charge in [-0.05, 0) is 35.4 Å². The molecule has 6 nitrogen and oxygen atoms in total. The smallest absolute Gasteiger partial charge is 0.504 e. The van der Waals surface area contributed by atoms with Crippen LogP contribution in [0.3, 0.4) is 0 Å². The van der Waals surface area contributed by atoms with Crippen LogP contribution >= 0.6 is 0 Å². The van der Waals surface area contributed by atoms with Gasteiger partial charge in [-0.25, -0.2) is 4.79 Å². The Kier molecular flexibility index (Phi) is 3.81. The summed E-state index contributed by atoms with van der Waals surface area (Å²) in [6, 6.07) is 8.88. The number of ether oxygens (including phenoxy) is 3. The predicted octanol–water partition coefficient (Wildman–Crippen LogP) is 4.08. The Hall–Kier alpha value is -3.15. The largest absolute Gasteiger partial charge is 0.511 e. The van der Waals surface area contributed by atoms with Crippen molar-refractivity contribution in [1.82, 2.24) is 0 Å². The molecular weight excluding hydrogens is 312 g/mol. The van der Waals surface area contributed by atoms with Gasteiger partial charge < -0.3 is 24.4 Å². The second kappa shape index (κ2) is 5.81. The number of aromatic hydroxyl groups is 1. The maximum atomic E-state index is 11.1. The maximum absolute atomic E-state index is 11.1. The number of hydrogen-bond acceptors (Lipinski definition) is 5. The third kappa shape index (κ3) is 2.32. The van der Waals surface area contributed by atoms with E-state index >= 15 is 0 Å². The molecule has 124 valence electrons. The Morgan fingerprint density at radius 2 is 1.62 bits per heavy atom. The lowest BCUT2D eigenvalue weighted by Gasteiger charge is -2.16. The van der Waals surface area contributed by atoms with Gasteiger partial charge >= 0.3 is 6.16 Å². The molecule has 0 aliphatic carbocycles. The zero-order valence-electron chi connectivity index (χ0n) is 13.4. The molecule has 0 saturated carbocycles. The van der Waals surface area contributed by atoms with E-state index in [2.05, 4.69) is 0 Å². The van der Waals surface area contributed by atoms with Crippen molar-refractivity contribution in [3.63, 3.8) is 0 Å². The first-order valence-electron chi connectivity index (χ1n) is 7.18. The molecule has 2 N–H and O–H groups in total. The lowest BCUT2D eigenvalue weighted by molar-refractivity contribution is 0.143. The fourth-order valence-electron chi connectivity index (χ4n) is 2.93. The fourth-order valence-corrected chi connectivity index (χ4v) is 2.93. The molecule has 0 aromatic heterocycles. The summed E-state index contributed by atoms with van der Waals surface area (Å²) < 4.78 is 15.5. The van der Waals surface area contributed by atoms with Crippen LogP contribution in [0, 0.1) is 6.92 Å². The first-order valence-corrected chi connectivity index (χ1v) is 7.18. The number of phenolic OH excluding ortho intramolecular Hbond substituents is 1.